The van der Waals surface area contributed by atoms with E-state index in [0.29, 0.717) is 0 Å². The highest BCUT2D eigenvalue weighted by Gasteiger charge is 2.11. The van der Waals surface area contributed by atoms with Gasteiger partial charge in [-0.15, -0.1) is 0 Å². The van der Waals surface area contributed by atoms with Crippen molar-refractivity contribution < 1.29 is 4.84 Å². The molecule has 0 amide bonds. The standard InChI is InChI=1S/C10H21NO/c1-11-12-9-8-10-6-4-2-3-5-7-10/h10-11H,2-9H2,1H3. The van der Waals surface area contributed by atoms with Crippen LogP contribution in [0.3, 0.4) is 0 Å². The molecule has 0 radical (unpaired) electrons. The Morgan fingerprint density at radius 3 is 2.42 bits per heavy atom. The Morgan fingerprint density at radius 1 is 1.17 bits per heavy atom. The third-order valence-electron chi connectivity index (χ3n) is 2.75. The van der Waals surface area contributed by atoms with Gasteiger partial charge < -0.3 is 4.84 Å². The van der Waals surface area contributed by atoms with Crippen LogP contribution in [0.4, 0.5) is 0 Å². The largest absolute Gasteiger partial charge is 0.302 e. The van der Waals surface area contributed by atoms with Crippen LogP contribution < -0.4 is 5.48 Å². The van der Waals surface area contributed by atoms with Gasteiger partial charge >= 0.3 is 0 Å². The van der Waals surface area contributed by atoms with Crippen LogP contribution in [0.5, 0.6) is 0 Å². The van der Waals surface area contributed by atoms with Crippen LogP contribution in [0.2, 0.25) is 0 Å². The van der Waals surface area contributed by atoms with Crippen LogP contribution in [0.15, 0.2) is 0 Å². The summed E-state index contributed by atoms with van der Waals surface area (Å²) in [5.41, 5.74) is 2.72. The molecule has 0 saturated heterocycles. The molecule has 0 atom stereocenters. The summed E-state index contributed by atoms with van der Waals surface area (Å²) >= 11 is 0. The fraction of sp³-hybridized carbons (Fsp3) is 1.00. The number of nitrogens with one attached hydrogen (secondary N) is 1. The third kappa shape index (κ3) is 4.07. The van der Waals surface area contributed by atoms with E-state index in [0.717, 1.165) is 12.5 Å². The average Bonchev–Trinajstić information content (AvgIpc) is 2.33. The van der Waals surface area contributed by atoms with Crippen molar-refractivity contribution in [1.29, 1.82) is 0 Å². The fourth-order valence-corrected chi connectivity index (χ4v) is 1.98. The second kappa shape index (κ2) is 6.44. The van der Waals surface area contributed by atoms with Crippen molar-refractivity contribution in [2.75, 3.05) is 13.7 Å². The lowest BCUT2D eigenvalue weighted by Gasteiger charge is -2.12. The molecule has 1 aliphatic carbocycles. The Balaban J connectivity index is 2.04. The normalized spacial score (nSPS) is 20.8. The van der Waals surface area contributed by atoms with Crippen molar-refractivity contribution in [2.24, 2.45) is 5.92 Å². The van der Waals surface area contributed by atoms with Gasteiger partial charge in [-0.1, -0.05) is 38.5 Å². The van der Waals surface area contributed by atoms with Crippen LogP contribution in [0.1, 0.15) is 44.9 Å². The molecule has 12 heavy (non-hydrogen) atoms. The van der Waals surface area contributed by atoms with Crippen LogP contribution in [-0.4, -0.2) is 13.7 Å². The van der Waals surface area contributed by atoms with Gasteiger partial charge in [-0.25, -0.2) is 5.48 Å². The van der Waals surface area contributed by atoms with Gasteiger partial charge in [-0.2, -0.15) is 0 Å². The SMILES string of the molecule is CNOCCC1CCCCCC1. The maximum Gasteiger partial charge on any atom is 0.0684 e. The van der Waals surface area contributed by atoms with E-state index < -0.39 is 0 Å². The van der Waals surface area contributed by atoms with Crippen molar-refractivity contribution >= 4 is 0 Å². The van der Waals surface area contributed by atoms with Crippen LogP contribution in [-0.2, 0) is 4.84 Å². The highest BCUT2D eigenvalue weighted by Crippen LogP contribution is 2.24. The first-order valence-corrected chi connectivity index (χ1v) is 5.22. The molecule has 1 N–H and O–H groups in total. The van der Waals surface area contributed by atoms with Crippen molar-refractivity contribution in [3.63, 3.8) is 0 Å². The van der Waals surface area contributed by atoms with Crippen LogP contribution >= 0.6 is 0 Å². The Labute approximate surface area is 75.6 Å². The first kappa shape index (κ1) is 10.0. The van der Waals surface area contributed by atoms with Crippen molar-refractivity contribution in [3.8, 4) is 0 Å². The molecule has 1 fully saturated rings. The van der Waals surface area contributed by atoms with Crippen molar-refractivity contribution in [1.82, 2.24) is 5.48 Å². The van der Waals surface area contributed by atoms with E-state index in [2.05, 4.69) is 5.48 Å². The quantitative estimate of drug-likeness (QED) is 0.398. The maximum absolute atomic E-state index is 5.13. The molecule has 0 spiro atoms. The molecule has 0 heterocycles. The minimum Gasteiger partial charge on any atom is -0.302 e. The molecule has 1 rings (SSSR count). The Kier molecular flexibility index (Phi) is 5.37. The molecule has 0 unspecified atom stereocenters. The molecule has 0 bridgehead atoms. The number of hydrogen-bond acceptors (Lipinski definition) is 2. The third-order valence-corrected chi connectivity index (χ3v) is 2.75. The average molecular weight is 171 g/mol. The molecule has 0 aliphatic heterocycles. The topological polar surface area (TPSA) is 21.3 Å². The van der Waals surface area contributed by atoms with Gasteiger partial charge in [0.25, 0.3) is 0 Å². The van der Waals surface area contributed by atoms with Crippen LogP contribution in [0.25, 0.3) is 0 Å². The summed E-state index contributed by atoms with van der Waals surface area (Å²) in [4.78, 5) is 5.13. The molecule has 2 nitrogen and oxygen atoms in total. The van der Waals surface area contributed by atoms with E-state index in [-0.39, 0.29) is 0 Å². The zero-order valence-electron chi connectivity index (χ0n) is 8.14. The molecular formula is C10H21NO. The molecule has 1 aliphatic rings. The smallest absolute Gasteiger partial charge is 0.0684 e. The highest BCUT2D eigenvalue weighted by atomic mass is 16.6. The molecule has 0 aromatic rings. The van der Waals surface area contributed by atoms with Gasteiger partial charge in [0.1, 0.15) is 0 Å². The Morgan fingerprint density at radius 2 is 1.83 bits per heavy atom. The lowest BCUT2D eigenvalue weighted by Crippen LogP contribution is -2.11. The fourth-order valence-electron chi connectivity index (χ4n) is 1.98. The summed E-state index contributed by atoms with van der Waals surface area (Å²) in [6.45, 7) is 0.876. The Hall–Kier alpha value is -0.0800. The summed E-state index contributed by atoms with van der Waals surface area (Å²) in [7, 11) is 1.83. The lowest BCUT2D eigenvalue weighted by molar-refractivity contribution is 0.0471. The summed E-state index contributed by atoms with van der Waals surface area (Å²) < 4.78 is 0. The number of hydrogen-bond donors (Lipinski definition) is 1. The van der Waals surface area contributed by atoms with Gasteiger partial charge in [-0.05, 0) is 12.3 Å². The van der Waals surface area contributed by atoms with E-state index in [4.69, 9.17) is 4.84 Å². The van der Waals surface area contributed by atoms with Crippen molar-refractivity contribution in [3.05, 3.63) is 0 Å². The predicted molar refractivity (Wildman–Crippen MR) is 50.8 cm³/mol. The zero-order chi connectivity index (χ0) is 8.65. The highest BCUT2D eigenvalue weighted by molar-refractivity contribution is 4.63. The summed E-state index contributed by atoms with van der Waals surface area (Å²) in [5.74, 6) is 0.931. The van der Waals surface area contributed by atoms with Gasteiger partial charge in [-0.3, -0.25) is 0 Å². The van der Waals surface area contributed by atoms with Gasteiger partial charge in [0.15, 0.2) is 0 Å². The summed E-state index contributed by atoms with van der Waals surface area (Å²) in [6, 6.07) is 0. The molecule has 1 saturated carbocycles. The summed E-state index contributed by atoms with van der Waals surface area (Å²) in [6.07, 6.45) is 9.85. The van der Waals surface area contributed by atoms with E-state index in [9.17, 15) is 0 Å². The molecule has 72 valence electrons. The number of hydroxylamine groups is 1. The monoisotopic (exact) mass is 171 g/mol. The van der Waals surface area contributed by atoms with Gasteiger partial charge in [0.05, 0.1) is 6.61 Å². The summed E-state index contributed by atoms with van der Waals surface area (Å²) in [5, 5.41) is 0. The maximum atomic E-state index is 5.13. The minimum absolute atomic E-state index is 0.876. The molecular weight excluding hydrogens is 150 g/mol. The predicted octanol–water partition coefficient (Wildman–Crippen LogP) is 2.50. The molecule has 0 aromatic carbocycles. The second-order valence-corrected chi connectivity index (χ2v) is 3.70. The first-order valence-electron chi connectivity index (χ1n) is 5.22. The molecule has 0 aromatic heterocycles. The minimum atomic E-state index is 0.876. The number of rotatable bonds is 4. The Bertz CT molecular complexity index is 98.0. The van der Waals surface area contributed by atoms with E-state index in [1.54, 1.807) is 0 Å². The lowest BCUT2D eigenvalue weighted by atomic mass is 9.97. The van der Waals surface area contributed by atoms with E-state index in [1.165, 1.54) is 44.9 Å². The van der Waals surface area contributed by atoms with Crippen molar-refractivity contribution in [2.45, 2.75) is 44.9 Å². The zero-order valence-corrected chi connectivity index (χ0v) is 8.14. The molecule has 2 heteroatoms. The van der Waals surface area contributed by atoms with Crippen LogP contribution in [0, 0.1) is 5.92 Å². The van der Waals surface area contributed by atoms with Gasteiger partial charge in [0, 0.05) is 7.05 Å². The van der Waals surface area contributed by atoms with E-state index in [1.807, 2.05) is 7.05 Å². The van der Waals surface area contributed by atoms with Gasteiger partial charge in [0.2, 0.25) is 0 Å². The second-order valence-electron chi connectivity index (χ2n) is 3.70. The first-order chi connectivity index (χ1) is 5.93. The van der Waals surface area contributed by atoms with E-state index >= 15 is 0 Å².